The predicted molar refractivity (Wildman–Crippen MR) is 59.0 cm³/mol. The van der Waals surface area contributed by atoms with Gasteiger partial charge in [0.15, 0.2) is 0 Å². The van der Waals surface area contributed by atoms with E-state index in [1.54, 1.807) is 24.3 Å². The summed E-state index contributed by atoms with van der Waals surface area (Å²) in [5.74, 6) is -0.342. The Balaban J connectivity index is 2.48. The van der Waals surface area contributed by atoms with Gasteiger partial charge in [-0.2, -0.15) is 0 Å². The molecule has 0 heterocycles. The maximum atomic E-state index is 13.0. The molecule has 0 bridgehead atoms. The van der Waals surface area contributed by atoms with E-state index in [-0.39, 0.29) is 10.7 Å². The van der Waals surface area contributed by atoms with Gasteiger partial charge < -0.3 is 4.55 Å². The lowest BCUT2D eigenvalue weighted by Crippen LogP contribution is -1.89. The van der Waals surface area contributed by atoms with Crippen molar-refractivity contribution in [2.75, 3.05) is 0 Å². The maximum Gasteiger partial charge on any atom is 0.123 e. The summed E-state index contributed by atoms with van der Waals surface area (Å²) in [6.07, 6.45) is 0. The highest BCUT2D eigenvalue weighted by atomic mass is 32.2. The molecule has 2 rings (SSSR count). The highest BCUT2D eigenvalue weighted by Crippen LogP contribution is 2.22. The number of hydrogen-bond acceptors (Lipinski definition) is 2. The zero-order valence-electron chi connectivity index (χ0n) is 8.22. The second kappa shape index (κ2) is 4.55. The SMILES string of the molecule is O=S([O-])c1cccc(-c2cccc(F)c2)c1. The van der Waals surface area contributed by atoms with Crippen molar-refractivity contribution in [3.63, 3.8) is 0 Å². The molecule has 0 spiro atoms. The number of halogens is 1. The molecule has 16 heavy (non-hydrogen) atoms. The smallest absolute Gasteiger partial charge is 0.123 e. The van der Waals surface area contributed by atoms with E-state index in [2.05, 4.69) is 0 Å². The van der Waals surface area contributed by atoms with Crippen LogP contribution in [0.15, 0.2) is 53.4 Å². The van der Waals surface area contributed by atoms with Crippen LogP contribution < -0.4 is 0 Å². The van der Waals surface area contributed by atoms with Crippen LogP contribution in [0.5, 0.6) is 0 Å². The van der Waals surface area contributed by atoms with E-state index in [9.17, 15) is 13.2 Å². The summed E-state index contributed by atoms with van der Waals surface area (Å²) < 4.78 is 34.5. The first-order valence-corrected chi connectivity index (χ1v) is 5.69. The molecule has 2 aromatic rings. The van der Waals surface area contributed by atoms with E-state index in [1.165, 1.54) is 24.3 Å². The molecule has 2 nitrogen and oxygen atoms in total. The summed E-state index contributed by atoms with van der Waals surface area (Å²) in [7, 11) is 0. The van der Waals surface area contributed by atoms with E-state index < -0.39 is 11.1 Å². The molecule has 2 aromatic carbocycles. The van der Waals surface area contributed by atoms with E-state index in [0.717, 1.165) is 0 Å². The summed E-state index contributed by atoms with van der Waals surface area (Å²) in [4.78, 5) is 0.196. The molecule has 0 aliphatic heterocycles. The number of benzene rings is 2. The summed E-state index contributed by atoms with van der Waals surface area (Å²) in [5, 5.41) is 0. The van der Waals surface area contributed by atoms with Crippen LogP contribution in [0.25, 0.3) is 11.1 Å². The first kappa shape index (κ1) is 11.0. The first-order valence-electron chi connectivity index (χ1n) is 4.62. The average Bonchev–Trinajstić information content (AvgIpc) is 2.29. The summed E-state index contributed by atoms with van der Waals surface area (Å²) >= 11 is -2.26. The Kier molecular flexibility index (Phi) is 3.12. The minimum atomic E-state index is -2.26. The minimum Gasteiger partial charge on any atom is -0.768 e. The molecule has 0 amide bonds. The normalized spacial score (nSPS) is 12.4. The van der Waals surface area contributed by atoms with Crippen molar-refractivity contribution in [2.24, 2.45) is 0 Å². The summed E-state index contributed by atoms with van der Waals surface area (Å²) in [5.41, 5.74) is 1.34. The fraction of sp³-hybridized carbons (Fsp3) is 0. The molecule has 0 aliphatic carbocycles. The van der Waals surface area contributed by atoms with E-state index >= 15 is 0 Å². The third-order valence-electron chi connectivity index (χ3n) is 2.18. The molecule has 82 valence electrons. The van der Waals surface area contributed by atoms with Crippen molar-refractivity contribution in [2.45, 2.75) is 4.90 Å². The van der Waals surface area contributed by atoms with E-state index in [4.69, 9.17) is 0 Å². The zero-order valence-corrected chi connectivity index (χ0v) is 9.04. The van der Waals surface area contributed by atoms with Crippen LogP contribution in [-0.4, -0.2) is 8.76 Å². The lowest BCUT2D eigenvalue weighted by molar-refractivity contribution is 0.537. The van der Waals surface area contributed by atoms with Gasteiger partial charge in [0.25, 0.3) is 0 Å². The zero-order chi connectivity index (χ0) is 11.5. The molecule has 0 aromatic heterocycles. The van der Waals surface area contributed by atoms with Crippen molar-refractivity contribution in [1.82, 2.24) is 0 Å². The number of hydrogen-bond donors (Lipinski definition) is 0. The maximum absolute atomic E-state index is 13.0. The van der Waals surface area contributed by atoms with Crippen molar-refractivity contribution in [1.29, 1.82) is 0 Å². The van der Waals surface area contributed by atoms with Crippen LogP contribution in [0, 0.1) is 5.82 Å². The molecule has 1 atom stereocenters. The van der Waals surface area contributed by atoms with Crippen LogP contribution in [0.3, 0.4) is 0 Å². The standard InChI is InChI=1S/C12H9FO2S/c13-11-5-1-3-9(7-11)10-4-2-6-12(8-10)16(14)15/h1-8H,(H,14,15)/p-1. The van der Waals surface area contributed by atoms with Crippen molar-refractivity contribution >= 4 is 11.1 Å². The predicted octanol–water partition coefficient (Wildman–Crippen LogP) is 2.73. The lowest BCUT2D eigenvalue weighted by Gasteiger charge is -2.07. The molecule has 0 aliphatic rings. The minimum absolute atomic E-state index is 0.196. The van der Waals surface area contributed by atoms with Crippen molar-refractivity contribution in [3.05, 3.63) is 54.3 Å². The molecule has 0 fully saturated rings. The lowest BCUT2D eigenvalue weighted by atomic mass is 10.1. The molecular formula is C12H8FO2S-. The van der Waals surface area contributed by atoms with E-state index in [0.29, 0.717) is 11.1 Å². The highest BCUT2D eigenvalue weighted by molar-refractivity contribution is 7.79. The van der Waals surface area contributed by atoms with Crippen LogP contribution in [0.1, 0.15) is 0 Å². The Morgan fingerprint density at radius 3 is 2.25 bits per heavy atom. The van der Waals surface area contributed by atoms with Gasteiger partial charge in [-0.1, -0.05) is 24.3 Å². The molecule has 0 N–H and O–H groups in total. The van der Waals surface area contributed by atoms with Gasteiger partial charge in [-0.25, -0.2) is 4.39 Å². The number of rotatable bonds is 2. The quantitative estimate of drug-likeness (QED) is 0.751. The van der Waals surface area contributed by atoms with Crippen LogP contribution >= 0.6 is 0 Å². The second-order valence-electron chi connectivity index (χ2n) is 3.27. The Bertz CT molecular complexity index is 540. The Hall–Kier alpha value is -1.52. The average molecular weight is 235 g/mol. The van der Waals surface area contributed by atoms with Gasteiger partial charge in [0.05, 0.1) is 0 Å². The third-order valence-corrected chi connectivity index (χ3v) is 2.82. The molecule has 0 radical (unpaired) electrons. The first-order chi connectivity index (χ1) is 7.66. The molecule has 4 heteroatoms. The van der Waals surface area contributed by atoms with Gasteiger partial charge >= 0.3 is 0 Å². The van der Waals surface area contributed by atoms with Gasteiger partial charge in [-0.15, -0.1) is 0 Å². The van der Waals surface area contributed by atoms with Gasteiger partial charge in [0.2, 0.25) is 0 Å². The summed E-state index contributed by atoms with van der Waals surface area (Å²) in [6, 6.07) is 12.4. The largest absolute Gasteiger partial charge is 0.768 e. The fourth-order valence-corrected chi connectivity index (χ4v) is 1.86. The molecular weight excluding hydrogens is 227 g/mol. The van der Waals surface area contributed by atoms with Crippen LogP contribution in [-0.2, 0) is 11.1 Å². The Labute approximate surface area is 95.0 Å². The van der Waals surface area contributed by atoms with Gasteiger partial charge in [0, 0.05) is 4.90 Å². The van der Waals surface area contributed by atoms with Crippen LogP contribution in [0.4, 0.5) is 4.39 Å². The second-order valence-corrected chi connectivity index (χ2v) is 4.21. The molecule has 0 saturated heterocycles. The molecule has 0 saturated carbocycles. The van der Waals surface area contributed by atoms with Crippen molar-refractivity contribution in [3.8, 4) is 11.1 Å². The van der Waals surface area contributed by atoms with E-state index in [1.807, 2.05) is 0 Å². The monoisotopic (exact) mass is 235 g/mol. The Morgan fingerprint density at radius 2 is 1.62 bits per heavy atom. The topological polar surface area (TPSA) is 40.1 Å². The van der Waals surface area contributed by atoms with Crippen molar-refractivity contribution < 1.29 is 13.2 Å². The molecule has 1 unspecified atom stereocenters. The third kappa shape index (κ3) is 2.35. The van der Waals surface area contributed by atoms with Gasteiger partial charge in [-0.05, 0) is 46.5 Å². The highest BCUT2D eigenvalue weighted by Gasteiger charge is 2.00. The van der Waals surface area contributed by atoms with Crippen LogP contribution in [0.2, 0.25) is 0 Å². The fourth-order valence-electron chi connectivity index (χ4n) is 1.45. The Morgan fingerprint density at radius 1 is 1.00 bits per heavy atom. The summed E-state index contributed by atoms with van der Waals surface area (Å²) in [6.45, 7) is 0. The van der Waals surface area contributed by atoms with Gasteiger partial charge in [0.1, 0.15) is 5.82 Å². The van der Waals surface area contributed by atoms with Gasteiger partial charge in [-0.3, -0.25) is 4.21 Å².